The monoisotopic (exact) mass is 569 g/mol. The molecule has 7 nitrogen and oxygen atoms in total. The number of esters is 1. The summed E-state index contributed by atoms with van der Waals surface area (Å²) in [7, 11) is -2.02. The lowest BCUT2D eigenvalue weighted by Gasteiger charge is -2.19. The van der Waals surface area contributed by atoms with Crippen molar-refractivity contribution >= 4 is 14.6 Å². The number of carbonyl (C=O) groups excluding carboxylic acids is 1. The van der Waals surface area contributed by atoms with Crippen molar-refractivity contribution in [3.05, 3.63) is 29.8 Å². The summed E-state index contributed by atoms with van der Waals surface area (Å²) in [6.45, 7) is 8.13. The smallest absolute Gasteiger partial charge is 0.329 e. The third kappa shape index (κ3) is 22.2. The first-order valence-corrected chi connectivity index (χ1v) is 16.5. The lowest BCUT2D eigenvalue weighted by molar-refractivity contribution is -0.149. The van der Waals surface area contributed by atoms with Crippen LogP contribution in [0.4, 0.5) is 0 Å². The van der Waals surface area contributed by atoms with E-state index in [1.807, 2.05) is 12.1 Å². The summed E-state index contributed by atoms with van der Waals surface area (Å²) < 4.78 is 21.8. The van der Waals surface area contributed by atoms with Gasteiger partial charge in [0.1, 0.15) is 12.4 Å². The van der Waals surface area contributed by atoms with Gasteiger partial charge in [-0.3, -0.25) is 4.79 Å². The van der Waals surface area contributed by atoms with Gasteiger partial charge in [-0.2, -0.15) is 0 Å². The maximum absolute atomic E-state index is 11.5. The Morgan fingerprint density at radius 1 is 0.821 bits per heavy atom. The highest BCUT2D eigenvalue weighted by Gasteiger charge is 2.17. The fraction of sp³-hybridized carbons (Fsp3) is 0.774. The van der Waals surface area contributed by atoms with E-state index < -0.39 is 20.7 Å². The number of ether oxygens (including phenoxy) is 2. The Kier molecular flexibility index (Phi) is 23.6. The molecule has 0 saturated carbocycles. The molecule has 0 fully saturated rings. The van der Waals surface area contributed by atoms with Gasteiger partial charge in [0.05, 0.1) is 13.2 Å². The topological polar surface area (TPSA) is 86.2 Å². The third-order valence-electron chi connectivity index (χ3n) is 6.58. The molecule has 0 saturated heterocycles. The molecule has 0 aliphatic carbocycles. The number of nitrogens with one attached hydrogen (secondary N) is 1. The minimum Gasteiger partial charge on any atom is -0.490 e. The van der Waals surface area contributed by atoms with Crippen molar-refractivity contribution in [3.8, 4) is 5.75 Å². The first kappa shape index (κ1) is 35.8. The average Bonchev–Trinajstić information content (AvgIpc) is 2.93. The van der Waals surface area contributed by atoms with Crippen molar-refractivity contribution in [2.75, 3.05) is 32.9 Å². The zero-order chi connectivity index (χ0) is 28.4. The van der Waals surface area contributed by atoms with E-state index in [2.05, 4.69) is 31.3 Å². The molecule has 2 N–H and O–H groups in total. The zero-order valence-corrected chi connectivity index (χ0v) is 25.9. The van der Waals surface area contributed by atoms with Crippen LogP contribution in [0, 0.1) is 0 Å². The van der Waals surface area contributed by atoms with E-state index >= 15 is 0 Å². The van der Waals surface area contributed by atoms with Crippen molar-refractivity contribution in [1.29, 1.82) is 0 Å². The number of rotatable bonds is 27. The van der Waals surface area contributed by atoms with Crippen LogP contribution >= 0.6 is 8.60 Å². The second-order valence-corrected chi connectivity index (χ2v) is 11.2. The van der Waals surface area contributed by atoms with Gasteiger partial charge in [0.25, 0.3) is 0 Å². The van der Waals surface area contributed by atoms with Gasteiger partial charge in [0, 0.05) is 6.92 Å². The normalized spacial score (nSPS) is 12.8. The van der Waals surface area contributed by atoms with Gasteiger partial charge in [-0.05, 0) is 56.5 Å². The van der Waals surface area contributed by atoms with Crippen LogP contribution in [0.5, 0.6) is 5.75 Å². The molecule has 0 aliphatic rings. The maximum atomic E-state index is 11.5. The van der Waals surface area contributed by atoms with Crippen molar-refractivity contribution in [2.24, 2.45) is 0 Å². The Morgan fingerprint density at radius 3 is 2.03 bits per heavy atom. The van der Waals surface area contributed by atoms with Gasteiger partial charge in [-0.25, -0.2) is 0 Å². The van der Waals surface area contributed by atoms with Crippen LogP contribution in [0.3, 0.4) is 0 Å². The number of unbranched alkanes of at least 4 members (excludes halogenated alkanes) is 12. The van der Waals surface area contributed by atoms with Gasteiger partial charge in [0.2, 0.25) is 0 Å². The third-order valence-corrected chi connectivity index (χ3v) is 7.35. The maximum Gasteiger partial charge on any atom is 0.329 e. The minimum absolute atomic E-state index is 0.0101. The van der Waals surface area contributed by atoms with Gasteiger partial charge in [-0.1, -0.05) is 96.6 Å². The van der Waals surface area contributed by atoms with E-state index in [1.54, 1.807) is 0 Å². The molecule has 0 aromatic heterocycles. The molecule has 8 heteroatoms. The van der Waals surface area contributed by atoms with Gasteiger partial charge >= 0.3 is 14.6 Å². The number of aryl methyl sites for hydroxylation is 1. The Labute approximate surface area is 239 Å². The molecule has 0 bridgehead atoms. The average molecular weight is 570 g/mol. The lowest BCUT2D eigenvalue weighted by Crippen LogP contribution is -2.28. The molecule has 0 spiro atoms. The van der Waals surface area contributed by atoms with E-state index in [1.165, 1.54) is 89.5 Å². The lowest BCUT2D eigenvalue weighted by atomic mass is 10.0. The SMILES string of the molecule is CCCCCCCCCCCCCCc1ccc(OCC(COP(O)OCCCCNCC)OC(C)=O)cc1. The van der Waals surface area contributed by atoms with E-state index in [4.69, 9.17) is 18.5 Å². The molecule has 226 valence electrons. The summed E-state index contributed by atoms with van der Waals surface area (Å²) in [4.78, 5) is 21.4. The molecule has 1 aromatic rings. The molecule has 1 rings (SSSR count). The number of hydrogen-bond acceptors (Lipinski definition) is 7. The summed E-state index contributed by atoms with van der Waals surface area (Å²) in [5, 5.41) is 3.24. The second kappa shape index (κ2) is 25.7. The Balaban J connectivity index is 2.17. The van der Waals surface area contributed by atoms with Crippen LogP contribution in [-0.4, -0.2) is 49.9 Å². The summed E-state index contributed by atoms with van der Waals surface area (Å²) in [5.41, 5.74) is 1.31. The predicted octanol–water partition coefficient (Wildman–Crippen LogP) is 7.88. The van der Waals surface area contributed by atoms with Crippen LogP contribution < -0.4 is 10.1 Å². The molecule has 0 amide bonds. The van der Waals surface area contributed by atoms with Crippen molar-refractivity contribution in [1.82, 2.24) is 5.32 Å². The summed E-state index contributed by atoms with van der Waals surface area (Å²) in [6, 6.07) is 8.11. The molecule has 0 heterocycles. The summed E-state index contributed by atoms with van der Waals surface area (Å²) in [6.07, 6.45) is 18.6. The van der Waals surface area contributed by atoms with Crippen LogP contribution in [0.1, 0.15) is 116 Å². The van der Waals surface area contributed by atoms with Crippen molar-refractivity contribution < 1.29 is 28.2 Å². The minimum atomic E-state index is -2.02. The highest BCUT2D eigenvalue weighted by Crippen LogP contribution is 2.33. The standard InChI is InChI=1S/C31H56NO6P/c1-4-6-7-8-9-10-11-12-13-14-15-16-19-29-20-22-30(23-21-29)35-26-31(38-28(3)33)27-37-39(34)36-25-18-17-24-32-5-2/h20-23,31-32,34H,4-19,24-27H2,1-3H3. The first-order valence-electron chi connectivity index (χ1n) is 15.4. The highest BCUT2D eigenvalue weighted by molar-refractivity contribution is 7.40. The van der Waals surface area contributed by atoms with Gasteiger partial charge < -0.3 is 28.7 Å². The summed E-state index contributed by atoms with van der Waals surface area (Å²) in [5.74, 6) is 0.297. The first-order chi connectivity index (χ1) is 19.0. The Bertz CT molecular complexity index is 690. The summed E-state index contributed by atoms with van der Waals surface area (Å²) >= 11 is 0. The Morgan fingerprint density at radius 2 is 1.44 bits per heavy atom. The molecule has 0 aliphatic heterocycles. The van der Waals surface area contributed by atoms with Crippen LogP contribution in [-0.2, 0) is 25.0 Å². The fourth-order valence-corrected chi connectivity index (χ4v) is 4.97. The second-order valence-electron chi connectivity index (χ2n) is 10.3. The molecule has 2 atom stereocenters. The van der Waals surface area contributed by atoms with Crippen LogP contribution in [0.2, 0.25) is 0 Å². The highest BCUT2D eigenvalue weighted by atomic mass is 31.2. The number of carbonyl (C=O) groups is 1. The van der Waals surface area contributed by atoms with E-state index in [0.29, 0.717) is 12.4 Å². The molecular formula is C31H56NO6P. The molecule has 2 unspecified atom stereocenters. The Hall–Kier alpha value is -1.24. The number of benzene rings is 1. The van der Waals surface area contributed by atoms with Gasteiger partial charge in [0.15, 0.2) is 6.10 Å². The molecule has 39 heavy (non-hydrogen) atoms. The zero-order valence-electron chi connectivity index (χ0n) is 25.0. The van der Waals surface area contributed by atoms with Gasteiger partial charge in [-0.15, -0.1) is 0 Å². The van der Waals surface area contributed by atoms with Crippen LogP contribution in [0.15, 0.2) is 24.3 Å². The van der Waals surface area contributed by atoms with E-state index in [-0.39, 0.29) is 13.2 Å². The van der Waals surface area contributed by atoms with E-state index in [9.17, 15) is 9.69 Å². The van der Waals surface area contributed by atoms with E-state index in [0.717, 1.165) is 32.4 Å². The van der Waals surface area contributed by atoms with Crippen molar-refractivity contribution in [2.45, 2.75) is 123 Å². The fourth-order valence-electron chi connectivity index (χ4n) is 4.32. The number of hydrogen-bond donors (Lipinski definition) is 2. The predicted molar refractivity (Wildman–Crippen MR) is 161 cm³/mol. The molecule has 0 radical (unpaired) electrons. The molecular weight excluding hydrogens is 513 g/mol. The van der Waals surface area contributed by atoms with Crippen molar-refractivity contribution in [3.63, 3.8) is 0 Å². The quantitative estimate of drug-likeness (QED) is 0.0633. The largest absolute Gasteiger partial charge is 0.490 e. The molecule has 1 aromatic carbocycles. The van der Waals surface area contributed by atoms with Crippen LogP contribution in [0.25, 0.3) is 0 Å².